The van der Waals surface area contributed by atoms with E-state index in [4.69, 9.17) is 4.74 Å². The second-order valence-electron chi connectivity index (χ2n) is 6.35. The number of likely N-dealkylation sites (tertiary alicyclic amines) is 1. The number of ether oxygens (including phenoxy) is 1. The number of nitrogens with one attached hydrogen (secondary N) is 2. The van der Waals surface area contributed by atoms with Gasteiger partial charge in [0.15, 0.2) is 0 Å². The summed E-state index contributed by atoms with van der Waals surface area (Å²) in [6, 6.07) is 2.50. The van der Waals surface area contributed by atoms with Crippen LogP contribution in [0.1, 0.15) is 15.9 Å². The first-order valence-corrected chi connectivity index (χ1v) is 9.56. The molecule has 150 valence electrons. The second kappa shape index (κ2) is 8.94. The van der Waals surface area contributed by atoms with Gasteiger partial charge >= 0.3 is 6.18 Å². The highest BCUT2D eigenvalue weighted by Crippen LogP contribution is 2.32. The molecule has 0 unspecified atom stereocenters. The Labute approximate surface area is 159 Å². The number of carbonyl (C=O) groups excluding carboxylic acids is 2. The molecule has 1 fully saturated rings. The van der Waals surface area contributed by atoms with E-state index in [1.807, 2.05) is 11.9 Å². The van der Waals surface area contributed by atoms with Crippen LogP contribution in [0.25, 0.3) is 0 Å². The molecule has 1 aliphatic rings. The molecule has 0 spiro atoms. The molecule has 0 aliphatic carbocycles. The summed E-state index contributed by atoms with van der Waals surface area (Å²) in [6.07, 6.45) is -3.18. The Bertz CT molecular complexity index is 700. The van der Waals surface area contributed by atoms with Gasteiger partial charge in [0.2, 0.25) is 5.91 Å². The van der Waals surface area contributed by atoms with Crippen LogP contribution < -0.4 is 10.6 Å². The minimum absolute atomic E-state index is 0.0687. The van der Waals surface area contributed by atoms with Gasteiger partial charge in [0.05, 0.1) is 23.5 Å². The molecule has 0 saturated carbocycles. The van der Waals surface area contributed by atoms with Crippen molar-refractivity contribution in [2.24, 2.45) is 0 Å². The lowest BCUT2D eigenvalue weighted by atomic mass is 10.1. The number of anilines is 1. The molecule has 1 aromatic rings. The fourth-order valence-electron chi connectivity index (χ4n) is 2.91. The third-order valence-corrected chi connectivity index (χ3v) is 4.70. The molecule has 2 atom stereocenters. The number of alkyl halides is 3. The molecule has 1 aliphatic heterocycles. The zero-order valence-electron chi connectivity index (χ0n) is 15.2. The Balaban J connectivity index is 2.25. The topological polar surface area (TPSA) is 70.7 Å². The van der Waals surface area contributed by atoms with Gasteiger partial charge in [-0.2, -0.15) is 24.9 Å². The van der Waals surface area contributed by atoms with Crippen LogP contribution in [0.2, 0.25) is 0 Å². The normalized spacial score (nSPS) is 20.5. The van der Waals surface area contributed by atoms with Crippen molar-refractivity contribution in [2.45, 2.75) is 18.3 Å². The summed E-state index contributed by atoms with van der Waals surface area (Å²) < 4.78 is 44.9. The fourth-order valence-corrected chi connectivity index (χ4v) is 3.25. The predicted octanol–water partition coefficient (Wildman–Crippen LogP) is 2.07. The van der Waals surface area contributed by atoms with Crippen LogP contribution in [0.4, 0.5) is 18.9 Å². The van der Waals surface area contributed by atoms with Crippen molar-refractivity contribution in [3.05, 3.63) is 29.3 Å². The van der Waals surface area contributed by atoms with E-state index in [1.54, 1.807) is 6.26 Å². The number of hydrogen-bond donors (Lipinski definition) is 2. The molecule has 1 heterocycles. The van der Waals surface area contributed by atoms with E-state index in [0.717, 1.165) is 12.1 Å². The average Bonchev–Trinajstić information content (AvgIpc) is 2.93. The van der Waals surface area contributed by atoms with Crippen LogP contribution in [0.5, 0.6) is 0 Å². The molecule has 2 rings (SSSR count). The molecule has 6 nitrogen and oxygen atoms in total. The maximum absolute atomic E-state index is 13.2. The van der Waals surface area contributed by atoms with E-state index in [2.05, 4.69) is 10.6 Å². The largest absolute Gasteiger partial charge is 0.416 e. The van der Waals surface area contributed by atoms with Gasteiger partial charge in [-0.05, 0) is 31.5 Å². The van der Waals surface area contributed by atoms with Crippen molar-refractivity contribution in [3.8, 4) is 0 Å². The van der Waals surface area contributed by atoms with Crippen molar-refractivity contribution in [3.63, 3.8) is 0 Å². The first kappa shape index (κ1) is 21.5. The average molecular weight is 405 g/mol. The number of likely N-dealkylation sites (N-methyl/N-ethyl adjacent to an activating group) is 1. The Kier molecular flexibility index (Phi) is 7.12. The molecule has 1 saturated heterocycles. The van der Waals surface area contributed by atoms with Crippen LogP contribution in [0, 0.1) is 0 Å². The summed E-state index contributed by atoms with van der Waals surface area (Å²) in [5.74, 6) is -0.990. The Morgan fingerprint density at radius 2 is 2.00 bits per heavy atom. The number of amides is 2. The highest BCUT2D eigenvalue weighted by Gasteiger charge is 2.34. The van der Waals surface area contributed by atoms with Gasteiger partial charge in [-0.1, -0.05) is 0 Å². The highest BCUT2D eigenvalue weighted by molar-refractivity contribution is 7.99. The number of thioether (sulfide) groups is 1. The Hall–Kier alpha value is -1.78. The molecule has 0 aromatic heterocycles. The molecule has 10 heteroatoms. The molecular weight excluding hydrogens is 383 g/mol. The van der Waals surface area contributed by atoms with E-state index in [0.29, 0.717) is 13.1 Å². The summed E-state index contributed by atoms with van der Waals surface area (Å²) in [5, 5.41) is 5.12. The maximum atomic E-state index is 13.2. The molecule has 0 bridgehead atoms. The van der Waals surface area contributed by atoms with Gasteiger partial charge in [0, 0.05) is 31.5 Å². The summed E-state index contributed by atoms with van der Waals surface area (Å²) in [5.41, 5.74) is -1.24. The zero-order chi connectivity index (χ0) is 20.2. The van der Waals surface area contributed by atoms with Gasteiger partial charge in [0.1, 0.15) is 0 Å². The standard InChI is InChI=1S/C17H22F3N3O3S/c1-23-7-13(14(8-23)26-2)22-16(25)10-4-11(17(18,19)20)6-12(5-10)21-15(24)9-27-3/h4-6,13-14H,7-9H2,1-3H3,(H,21,24)(H,22,25)/t13-,14-/m0/s1. The van der Waals surface area contributed by atoms with Crippen molar-refractivity contribution >= 4 is 29.3 Å². The van der Waals surface area contributed by atoms with Crippen molar-refractivity contribution in [2.75, 3.05) is 44.6 Å². The monoisotopic (exact) mass is 405 g/mol. The number of benzene rings is 1. The maximum Gasteiger partial charge on any atom is 0.416 e. The first-order chi connectivity index (χ1) is 12.6. The minimum Gasteiger partial charge on any atom is -0.378 e. The zero-order valence-corrected chi connectivity index (χ0v) is 16.0. The quantitative estimate of drug-likeness (QED) is 0.758. The van der Waals surface area contributed by atoms with Gasteiger partial charge in [0.25, 0.3) is 5.91 Å². The molecule has 0 radical (unpaired) electrons. The summed E-state index contributed by atoms with van der Waals surface area (Å²) in [7, 11) is 3.38. The van der Waals surface area contributed by atoms with E-state index in [1.165, 1.54) is 24.9 Å². The highest BCUT2D eigenvalue weighted by atomic mass is 32.2. The van der Waals surface area contributed by atoms with Gasteiger partial charge in [-0.15, -0.1) is 0 Å². The van der Waals surface area contributed by atoms with Crippen molar-refractivity contribution in [1.82, 2.24) is 10.2 Å². The Morgan fingerprint density at radius 1 is 1.30 bits per heavy atom. The van der Waals surface area contributed by atoms with Gasteiger partial charge < -0.3 is 20.3 Å². The second-order valence-corrected chi connectivity index (χ2v) is 7.22. The number of halogens is 3. The van der Waals surface area contributed by atoms with Crippen LogP contribution in [-0.2, 0) is 15.7 Å². The number of nitrogens with zero attached hydrogens (tertiary/aromatic N) is 1. The lowest BCUT2D eigenvalue weighted by Crippen LogP contribution is -2.43. The van der Waals surface area contributed by atoms with Gasteiger partial charge in [-0.25, -0.2) is 0 Å². The third-order valence-electron chi connectivity index (χ3n) is 4.15. The summed E-state index contributed by atoms with van der Waals surface area (Å²) >= 11 is 1.24. The molecular formula is C17H22F3N3O3S. The van der Waals surface area contributed by atoms with E-state index in [-0.39, 0.29) is 29.1 Å². The van der Waals surface area contributed by atoms with Crippen molar-refractivity contribution in [1.29, 1.82) is 0 Å². The number of hydrogen-bond acceptors (Lipinski definition) is 5. The van der Waals surface area contributed by atoms with Crippen molar-refractivity contribution < 1.29 is 27.5 Å². The SMILES string of the molecule is CO[C@H]1CN(C)C[C@@H]1NC(=O)c1cc(NC(=O)CSC)cc(C(F)(F)F)c1. The van der Waals surface area contributed by atoms with Crippen LogP contribution in [0.3, 0.4) is 0 Å². The molecule has 2 amide bonds. The lowest BCUT2D eigenvalue weighted by Gasteiger charge is -2.19. The smallest absolute Gasteiger partial charge is 0.378 e. The third kappa shape index (κ3) is 5.85. The predicted molar refractivity (Wildman–Crippen MR) is 98.0 cm³/mol. The molecule has 27 heavy (non-hydrogen) atoms. The van der Waals surface area contributed by atoms with E-state index >= 15 is 0 Å². The Morgan fingerprint density at radius 3 is 2.59 bits per heavy atom. The fraction of sp³-hybridized carbons (Fsp3) is 0.529. The minimum atomic E-state index is -4.64. The number of rotatable bonds is 6. The summed E-state index contributed by atoms with van der Waals surface area (Å²) in [6.45, 7) is 1.14. The van der Waals surface area contributed by atoms with E-state index < -0.39 is 23.6 Å². The molecule has 1 aromatic carbocycles. The van der Waals surface area contributed by atoms with E-state index in [9.17, 15) is 22.8 Å². The number of methoxy groups -OCH3 is 1. The summed E-state index contributed by atoms with van der Waals surface area (Å²) in [4.78, 5) is 26.2. The van der Waals surface area contributed by atoms with Crippen LogP contribution >= 0.6 is 11.8 Å². The first-order valence-electron chi connectivity index (χ1n) is 8.17. The molecule has 2 N–H and O–H groups in total. The van der Waals surface area contributed by atoms with Crippen LogP contribution in [0.15, 0.2) is 18.2 Å². The lowest BCUT2D eigenvalue weighted by molar-refractivity contribution is -0.137. The van der Waals surface area contributed by atoms with Gasteiger partial charge in [-0.3, -0.25) is 9.59 Å². The number of carbonyl (C=O) groups is 2. The van der Waals surface area contributed by atoms with Crippen LogP contribution in [-0.4, -0.2) is 68.1 Å².